The zero-order valence-corrected chi connectivity index (χ0v) is 14.8. The Morgan fingerprint density at radius 1 is 1.36 bits per heavy atom. The quantitative estimate of drug-likeness (QED) is 0.812. The molecule has 0 atom stereocenters. The molecule has 0 unspecified atom stereocenters. The third-order valence-electron chi connectivity index (χ3n) is 4.77. The molecule has 3 nitrogen and oxygen atoms in total. The average molecular weight is 321 g/mol. The maximum atomic E-state index is 12.7. The minimum Gasteiger partial charge on any atom is -0.326 e. The van der Waals surface area contributed by atoms with Gasteiger partial charge in [-0.1, -0.05) is 19.1 Å². The van der Waals surface area contributed by atoms with Gasteiger partial charge in [-0.15, -0.1) is 0 Å². The summed E-state index contributed by atoms with van der Waals surface area (Å²) in [5.41, 5.74) is 1.86. The zero-order valence-electron chi connectivity index (χ0n) is 13.9. The molecule has 0 aromatic heterocycles. The topological polar surface area (TPSA) is 32.3 Å². The summed E-state index contributed by atoms with van der Waals surface area (Å²) >= 11 is 4.27. The van der Waals surface area contributed by atoms with Crippen LogP contribution in [0, 0.1) is 5.41 Å². The summed E-state index contributed by atoms with van der Waals surface area (Å²) in [5, 5.41) is 3.11. The minimum atomic E-state index is -0.259. The van der Waals surface area contributed by atoms with Gasteiger partial charge < -0.3 is 10.2 Å². The number of piperidine rings is 1. The van der Waals surface area contributed by atoms with Crippen molar-refractivity contribution in [2.75, 3.05) is 24.2 Å². The molecule has 1 aromatic carbocycles. The van der Waals surface area contributed by atoms with Crippen LogP contribution in [0.5, 0.6) is 0 Å². The van der Waals surface area contributed by atoms with Gasteiger partial charge >= 0.3 is 0 Å². The summed E-state index contributed by atoms with van der Waals surface area (Å²) in [5.74, 6) is 0.971. The maximum Gasteiger partial charge on any atom is 0.230 e. The van der Waals surface area contributed by atoms with Crippen molar-refractivity contribution < 1.29 is 4.79 Å². The number of carbonyl (C=O) groups excluding carboxylic acids is 1. The molecule has 1 N–H and O–H groups in total. The Kier molecular flexibility index (Phi) is 5.93. The van der Waals surface area contributed by atoms with E-state index in [4.69, 9.17) is 0 Å². The Hall–Kier alpha value is -1.00. The van der Waals surface area contributed by atoms with E-state index in [0.717, 1.165) is 43.8 Å². The van der Waals surface area contributed by atoms with E-state index in [1.165, 1.54) is 5.56 Å². The van der Waals surface area contributed by atoms with Gasteiger partial charge in [-0.3, -0.25) is 4.79 Å². The number of rotatable bonds is 5. The van der Waals surface area contributed by atoms with Crippen molar-refractivity contribution in [3.63, 3.8) is 0 Å². The molecule has 1 aliphatic rings. The Labute approximate surface area is 139 Å². The Morgan fingerprint density at radius 2 is 2.05 bits per heavy atom. The number of nitrogens with one attached hydrogen (secondary N) is 1. The predicted molar refractivity (Wildman–Crippen MR) is 96.7 cm³/mol. The van der Waals surface area contributed by atoms with E-state index in [0.29, 0.717) is 6.04 Å². The molecule has 0 spiro atoms. The van der Waals surface area contributed by atoms with Gasteiger partial charge in [-0.2, -0.15) is 12.6 Å². The molecule has 1 heterocycles. The number of likely N-dealkylation sites (tertiary alicyclic amines) is 1. The molecule has 0 saturated carbocycles. The molecule has 1 aliphatic heterocycles. The molecule has 4 heteroatoms. The van der Waals surface area contributed by atoms with Gasteiger partial charge in [0.2, 0.25) is 5.91 Å². The molecule has 1 aromatic rings. The molecular formula is C18H28N2OS. The second-order valence-corrected chi connectivity index (χ2v) is 7.27. The summed E-state index contributed by atoms with van der Waals surface area (Å²) < 4.78 is 0. The lowest BCUT2D eigenvalue weighted by Crippen LogP contribution is -2.47. The van der Waals surface area contributed by atoms with Crippen LogP contribution in [0.2, 0.25) is 0 Å². The summed E-state index contributed by atoms with van der Waals surface area (Å²) in [6.07, 6.45) is 2.77. The number of benzene rings is 1. The highest BCUT2D eigenvalue weighted by Gasteiger charge is 2.37. The third-order valence-corrected chi connectivity index (χ3v) is 4.99. The van der Waals surface area contributed by atoms with Crippen LogP contribution in [0.1, 0.15) is 39.2 Å². The van der Waals surface area contributed by atoms with Crippen LogP contribution in [0.15, 0.2) is 24.3 Å². The Bertz CT molecular complexity index is 508. The standard InChI is InChI=1S/C18H28N2OS/c1-14(2)20-10-8-18(3,9-11-20)17(21)19-16-6-4-5-15(13-16)7-12-22/h4-6,13-14,22H,7-12H2,1-3H3,(H,19,21). The third kappa shape index (κ3) is 4.26. The first-order valence-corrected chi connectivity index (χ1v) is 8.83. The molecule has 122 valence electrons. The Morgan fingerprint density at radius 3 is 2.64 bits per heavy atom. The van der Waals surface area contributed by atoms with E-state index >= 15 is 0 Å². The van der Waals surface area contributed by atoms with Gasteiger partial charge in [-0.05, 0) is 69.6 Å². The average Bonchev–Trinajstić information content (AvgIpc) is 2.48. The zero-order chi connectivity index (χ0) is 16.2. The second kappa shape index (κ2) is 7.51. The molecule has 0 bridgehead atoms. The number of anilines is 1. The molecule has 22 heavy (non-hydrogen) atoms. The van der Waals surface area contributed by atoms with E-state index in [9.17, 15) is 4.79 Å². The summed E-state index contributed by atoms with van der Waals surface area (Å²) in [6.45, 7) is 8.53. The first-order valence-electron chi connectivity index (χ1n) is 8.20. The molecule has 1 fully saturated rings. The van der Waals surface area contributed by atoms with Crippen molar-refractivity contribution in [2.45, 2.75) is 46.1 Å². The van der Waals surface area contributed by atoms with Crippen LogP contribution in [0.4, 0.5) is 5.69 Å². The van der Waals surface area contributed by atoms with Crippen molar-refractivity contribution in [3.05, 3.63) is 29.8 Å². The van der Waals surface area contributed by atoms with E-state index in [1.54, 1.807) is 0 Å². The lowest BCUT2D eigenvalue weighted by molar-refractivity contribution is -0.127. The highest BCUT2D eigenvalue weighted by Crippen LogP contribution is 2.33. The monoisotopic (exact) mass is 320 g/mol. The predicted octanol–water partition coefficient (Wildman–Crippen LogP) is 3.61. The largest absolute Gasteiger partial charge is 0.326 e. The van der Waals surface area contributed by atoms with Gasteiger partial charge in [0.15, 0.2) is 0 Å². The minimum absolute atomic E-state index is 0.152. The molecule has 0 radical (unpaired) electrons. The fourth-order valence-electron chi connectivity index (χ4n) is 2.98. The second-order valence-electron chi connectivity index (χ2n) is 6.82. The van der Waals surface area contributed by atoms with Gasteiger partial charge in [0.05, 0.1) is 0 Å². The van der Waals surface area contributed by atoms with Crippen LogP contribution in [-0.4, -0.2) is 35.7 Å². The number of aryl methyl sites for hydroxylation is 1. The highest BCUT2D eigenvalue weighted by atomic mass is 32.1. The maximum absolute atomic E-state index is 12.7. The highest BCUT2D eigenvalue weighted by molar-refractivity contribution is 7.80. The molecule has 1 amide bonds. The van der Waals surface area contributed by atoms with Crippen LogP contribution in [-0.2, 0) is 11.2 Å². The SMILES string of the molecule is CC(C)N1CCC(C)(C(=O)Nc2cccc(CCS)c2)CC1. The summed E-state index contributed by atoms with van der Waals surface area (Å²) in [7, 11) is 0. The van der Waals surface area contributed by atoms with Crippen LogP contribution in [0.3, 0.4) is 0 Å². The van der Waals surface area contributed by atoms with Crippen LogP contribution < -0.4 is 5.32 Å². The lowest BCUT2D eigenvalue weighted by atomic mass is 9.79. The van der Waals surface area contributed by atoms with Crippen LogP contribution >= 0.6 is 12.6 Å². The molecule has 2 rings (SSSR count). The van der Waals surface area contributed by atoms with Gasteiger partial charge in [0.1, 0.15) is 0 Å². The molecule has 0 aliphatic carbocycles. The molecular weight excluding hydrogens is 292 g/mol. The smallest absolute Gasteiger partial charge is 0.230 e. The van der Waals surface area contributed by atoms with E-state index in [2.05, 4.69) is 55.7 Å². The lowest BCUT2D eigenvalue weighted by Gasteiger charge is -2.40. The Balaban J connectivity index is 1.98. The van der Waals surface area contributed by atoms with Crippen molar-refractivity contribution in [3.8, 4) is 0 Å². The van der Waals surface area contributed by atoms with Crippen molar-refractivity contribution in [1.29, 1.82) is 0 Å². The number of amides is 1. The number of hydrogen-bond acceptors (Lipinski definition) is 3. The fraction of sp³-hybridized carbons (Fsp3) is 0.611. The van der Waals surface area contributed by atoms with E-state index < -0.39 is 0 Å². The number of thiol groups is 1. The van der Waals surface area contributed by atoms with Crippen molar-refractivity contribution in [1.82, 2.24) is 4.90 Å². The van der Waals surface area contributed by atoms with Gasteiger partial charge in [0.25, 0.3) is 0 Å². The summed E-state index contributed by atoms with van der Waals surface area (Å²) in [6, 6.07) is 8.66. The number of hydrogen-bond donors (Lipinski definition) is 2. The van der Waals surface area contributed by atoms with E-state index in [1.807, 2.05) is 12.1 Å². The number of nitrogens with zero attached hydrogens (tertiary/aromatic N) is 1. The van der Waals surface area contributed by atoms with Gasteiger partial charge in [-0.25, -0.2) is 0 Å². The van der Waals surface area contributed by atoms with Crippen molar-refractivity contribution in [2.24, 2.45) is 5.41 Å². The molecule has 1 saturated heterocycles. The number of carbonyl (C=O) groups is 1. The van der Waals surface area contributed by atoms with Crippen molar-refractivity contribution >= 4 is 24.2 Å². The first kappa shape index (κ1) is 17.4. The first-order chi connectivity index (χ1) is 10.4. The summed E-state index contributed by atoms with van der Waals surface area (Å²) in [4.78, 5) is 15.1. The fourth-order valence-corrected chi connectivity index (χ4v) is 3.23. The van der Waals surface area contributed by atoms with Crippen LogP contribution in [0.25, 0.3) is 0 Å². The normalized spacial score (nSPS) is 18.4. The van der Waals surface area contributed by atoms with Gasteiger partial charge in [0, 0.05) is 17.1 Å². The van der Waals surface area contributed by atoms with E-state index in [-0.39, 0.29) is 11.3 Å².